The zero-order valence-corrected chi connectivity index (χ0v) is 18.8. The van der Waals surface area contributed by atoms with Crippen LogP contribution in [0.5, 0.6) is 5.75 Å². The smallest absolute Gasteiger partial charge is 0.417 e. The van der Waals surface area contributed by atoms with Gasteiger partial charge in [0.05, 0.1) is 18.7 Å². The third kappa shape index (κ3) is 4.46. The first-order chi connectivity index (χ1) is 14.8. The highest BCUT2D eigenvalue weighted by Gasteiger charge is 2.56. The molecule has 0 saturated heterocycles. The molecule has 0 radical (unpaired) electrons. The van der Waals surface area contributed by atoms with Crippen LogP contribution in [0.2, 0.25) is 0 Å². The van der Waals surface area contributed by atoms with E-state index < -0.39 is 30.0 Å². The second-order valence-corrected chi connectivity index (χ2v) is 9.13. The lowest BCUT2D eigenvalue weighted by atomic mass is 9.73. The molecule has 0 aliphatic carbocycles. The monoisotopic (exact) mass is 444 g/mol. The number of aliphatic hydroxyl groups is 1. The Morgan fingerprint density at radius 3 is 2.38 bits per heavy atom. The van der Waals surface area contributed by atoms with Crippen molar-refractivity contribution < 1.29 is 23.0 Å². The zero-order valence-electron chi connectivity index (χ0n) is 18.8. The average Bonchev–Trinajstić information content (AvgIpc) is 3.09. The highest BCUT2D eigenvalue weighted by molar-refractivity contribution is 5.85. The van der Waals surface area contributed by atoms with Crippen molar-refractivity contribution in [3.63, 3.8) is 0 Å². The summed E-state index contributed by atoms with van der Waals surface area (Å²) in [5, 5.41) is 20.9. The SMILES string of the molecule is COc1ccc(C)cc1C(C)(C)CC(O)(Cc1cc2c(C)cc(C#N)cc2[nH]1)C(F)(F)F. The number of nitrogens with zero attached hydrogens (tertiary/aromatic N) is 1. The van der Waals surface area contributed by atoms with E-state index in [2.05, 4.69) is 4.98 Å². The fourth-order valence-electron chi connectivity index (χ4n) is 4.39. The summed E-state index contributed by atoms with van der Waals surface area (Å²) in [5.74, 6) is 0.482. The lowest BCUT2D eigenvalue weighted by Gasteiger charge is -2.38. The Kier molecular flexibility index (Phi) is 6.05. The van der Waals surface area contributed by atoms with Gasteiger partial charge >= 0.3 is 6.18 Å². The van der Waals surface area contributed by atoms with E-state index in [4.69, 9.17) is 10.00 Å². The number of hydrogen-bond acceptors (Lipinski definition) is 3. The van der Waals surface area contributed by atoms with Crippen LogP contribution in [0.25, 0.3) is 10.9 Å². The second kappa shape index (κ2) is 8.18. The molecule has 32 heavy (non-hydrogen) atoms. The van der Waals surface area contributed by atoms with Gasteiger partial charge in [0.15, 0.2) is 5.60 Å². The first-order valence-electron chi connectivity index (χ1n) is 10.3. The molecule has 0 fully saturated rings. The number of aromatic nitrogens is 1. The Balaban J connectivity index is 2.03. The molecular weight excluding hydrogens is 417 g/mol. The van der Waals surface area contributed by atoms with E-state index >= 15 is 0 Å². The second-order valence-electron chi connectivity index (χ2n) is 9.13. The third-order valence-corrected chi connectivity index (χ3v) is 5.96. The summed E-state index contributed by atoms with van der Waals surface area (Å²) in [6.45, 7) is 7.01. The van der Waals surface area contributed by atoms with Crippen molar-refractivity contribution in [3.8, 4) is 11.8 Å². The maximum absolute atomic E-state index is 14.2. The summed E-state index contributed by atoms with van der Waals surface area (Å²) in [5.41, 5.74) is -0.484. The van der Waals surface area contributed by atoms with E-state index in [0.717, 1.165) is 16.5 Å². The number of rotatable bonds is 6. The molecule has 0 aliphatic rings. The van der Waals surface area contributed by atoms with Gasteiger partial charge in [0.25, 0.3) is 0 Å². The van der Waals surface area contributed by atoms with Crippen LogP contribution in [0.4, 0.5) is 13.2 Å². The quantitative estimate of drug-likeness (QED) is 0.500. The number of benzene rings is 2. The summed E-state index contributed by atoms with van der Waals surface area (Å²) in [6.07, 6.45) is -6.04. The van der Waals surface area contributed by atoms with Gasteiger partial charge in [-0.05, 0) is 55.5 Å². The molecule has 2 aromatic carbocycles. The molecule has 0 bridgehead atoms. The normalized spacial score (nSPS) is 14.2. The van der Waals surface area contributed by atoms with E-state index in [1.807, 2.05) is 19.1 Å². The molecule has 0 aliphatic heterocycles. The average molecular weight is 444 g/mol. The number of fused-ring (bicyclic) bond motifs is 1. The van der Waals surface area contributed by atoms with Gasteiger partial charge in [-0.25, -0.2) is 0 Å². The maximum atomic E-state index is 14.2. The van der Waals surface area contributed by atoms with Crippen molar-refractivity contribution in [3.05, 3.63) is 64.3 Å². The number of hydrogen-bond donors (Lipinski definition) is 2. The van der Waals surface area contributed by atoms with Crippen molar-refractivity contribution in [1.29, 1.82) is 5.26 Å². The van der Waals surface area contributed by atoms with Crippen molar-refractivity contribution in [2.75, 3.05) is 7.11 Å². The maximum Gasteiger partial charge on any atom is 0.417 e. The molecule has 0 amide bonds. The molecule has 1 aromatic heterocycles. The molecule has 7 heteroatoms. The van der Waals surface area contributed by atoms with E-state index in [1.54, 1.807) is 51.1 Å². The van der Waals surface area contributed by atoms with Gasteiger partial charge in [0.1, 0.15) is 5.75 Å². The molecule has 2 N–H and O–H groups in total. The third-order valence-electron chi connectivity index (χ3n) is 5.96. The number of nitriles is 1. The first-order valence-corrected chi connectivity index (χ1v) is 10.3. The number of methoxy groups -OCH3 is 1. The minimum atomic E-state index is -4.86. The van der Waals surface area contributed by atoms with Gasteiger partial charge in [0.2, 0.25) is 0 Å². The predicted octanol–water partition coefficient (Wildman–Crippen LogP) is 5.87. The minimum Gasteiger partial charge on any atom is -0.496 e. The van der Waals surface area contributed by atoms with Crippen molar-refractivity contribution >= 4 is 10.9 Å². The first kappa shape index (κ1) is 23.7. The predicted molar refractivity (Wildman–Crippen MR) is 118 cm³/mol. The lowest BCUT2D eigenvalue weighted by molar-refractivity contribution is -0.266. The van der Waals surface area contributed by atoms with E-state index in [9.17, 15) is 18.3 Å². The van der Waals surface area contributed by atoms with E-state index in [1.165, 1.54) is 7.11 Å². The van der Waals surface area contributed by atoms with E-state index in [0.29, 0.717) is 22.4 Å². The number of aromatic amines is 1. The van der Waals surface area contributed by atoms with Crippen LogP contribution in [0.15, 0.2) is 36.4 Å². The van der Waals surface area contributed by atoms with Crippen molar-refractivity contribution in [1.82, 2.24) is 4.98 Å². The molecule has 1 heterocycles. The molecule has 1 atom stereocenters. The van der Waals surface area contributed by atoms with Crippen LogP contribution in [0, 0.1) is 25.2 Å². The van der Waals surface area contributed by atoms with Crippen molar-refractivity contribution in [2.45, 2.75) is 57.7 Å². The van der Waals surface area contributed by atoms with Crippen LogP contribution >= 0.6 is 0 Å². The number of aryl methyl sites for hydroxylation is 2. The zero-order chi connectivity index (χ0) is 23.9. The Labute approximate surface area is 185 Å². The van der Waals surface area contributed by atoms with Gasteiger partial charge in [0, 0.05) is 28.6 Å². The van der Waals surface area contributed by atoms with Gasteiger partial charge in [-0.15, -0.1) is 0 Å². The molecule has 170 valence electrons. The van der Waals surface area contributed by atoms with Crippen molar-refractivity contribution in [2.24, 2.45) is 0 Å². The fourth-order valence-corrected chi connectivity index (χ4v) is 4.39. The van der Waals surface area contributed by atoms with Crippen LogP contribution in [0.3, 0.4) is 0 Å². The highest BCUT2D eigenvalue weighted by atomic mass is 19.4. The minimum absolute atomic E-state index is 0.255. The standard InChI is InChI=1S/C25H27F3N2O2/c1-15-6-7-22(32-5)20(8-15)23(3,4)14-24(31,25(26,27)28)12-18-11-19-16(2)9-17(13-29)10-21(19)30-18/h6-11,30-31H,12,14H2,1-5H3. The molecule has 4 nitrogen and oxygen atoms in total. The topological polar surface area (TPSA) is 69.0 Å². The molecule has 3 aromatic rings. The van der Waals surface area contributed by atoms with E-state index in [-0.39, 0.29) is 5.69 Å². The summed E-state index contributed by atoms with van der Waals surface area (Å²) in [4.78, 5) is 2.96. The van der Waals surface area contributed by atoms with Gasteiger partial charge < -0.3 is 14.8 Å². The van der Waals surface area contributed by atoms with Gasteiger partial charge in [-0.1, -0.05) is 31.5 Å². The molecular formula is C25H27F3N2O2. The van der Waals surface area contributed by atoms with Crippen LogP contribution in [-0.4, -0.2) is 29.0 Å². The number of halogens is 3. The lowest BCUT2D eigenvalue weighted by Crippen LogP contribution is -2.51. The largest absolute Gasteiger partial charge is 0.496 e. The summed E-state index contributed by atoms with van der Waals surface area (Å²) >= 11 is 0. The molecule has 0 saturated carbocycles. The number of H-pyrrole nitrogens is 1. The number of ether oxygens (including phenoxy) is 1. The Morgan fingerprint density at radius 1 is 1.09 bits per heavy atom. The molecule has 0 spiro atoms. The van der Waals surface area contributed by atoms with Crippen LogP contribution in [0.1, 0.15) is 48.2 Å². The highest BCUT2D eigenvalue weighted by Crippen LogP contribution is 2.45. The van der Waals surface area contributed by atoms with Gasteiger partial charge in [-0.2, -0.15) is 18.4 Å². The fraction of sp³-hybridized carbons (Fsp3) is 0.400. The molecule has 1 unspecified atom stereocenters. The number of nitrogens with one attached hydrogen (secondary N) is 1. The Bertz CT molecular complexity index is 1190. The van der Waals surface area contributed by atoms with Gasteiger partial charge in [-0.3, -0.25) is 0 Å². The Hall–Kier alpha value is -2.98. The molecule has 3 rings (SSSR count). The summed E-state index contributed by atoms with van der Waals surface area (Å²) in [7, 11) is 1.47. The number of alkyl halides is 3. The van der Waals surface area contributed by atoms with Crippen LogP contribution in [-0.2, 0) is 11.8 Å². The summed E-state index contributed by atoms with van der Waals surface area (Å²) < 4.78 is 48.0. The summed E-state index contributed by atoms with van der Waals surface area (Å²) in [6, 6.07) is 12.3. The Morgan fingerprint density at radius 2 is 1.78 bits per heavy atom. The van der Waals surface area contributed by atoms with Crippen LogP contribution < -0.4 is 4.74 Å².